The van der Waals surface area contributed by atoms with Crippen LogP contribution in [-0.2, 0) is 4.79 Å². The Morgan fingerprint density at radius 1 is 1.00 bits per heavy atom. The van der Waals surface area contributed by atoms with Crippen molar-refractivity contribution < 1.29 is 4.79 Å². The fourth-order valence-corrected chi connectivity index (χ4v) is 4.49. The molecule has 0 spiro atoms. The van der Waals surface area contributed by atoms with Gasteiger partial charge in [0.25, 0.3) is 0 Å². The van der Waals surface area contributed by atoms with Gasteiger partial charge in [-0.05, 0) is 50.1 Å². The number of H-pyrrole nitrogens is 3. The number of hydrogen-bond acceptors (Lipinski definition) is 4. The van der Waals surface area contributed by atoms with Crippen molar-refractivity contribution >= 4 is 33.7 Å². The summed E-state index contributed by atoms with van der Waals surface area (Å²) in [5, 5.41) is 2.94. The third-order valence-corrected chi connectivity index (χ3v) is 6.20. The number of imidazole rings is 2. The summed E-state index contributed by atoms with van der Waals surface area (Å²) in [5.74, 6) is -0.0973. The number of nitrogens with one attached hydrogen (secondary N) is 4. The Hall–Kier alpha value is -3.59. The second-order valence-electron chi connectivity index (χ2n) is 8.09. The number of fused-ring (bicyclic) bond motifs is 2. The van der Waals surface area contributed by atoms with Crippen molar-refractivity contribution in [1.82, 2.24) is 24.4 Å². The lowest BCUT2D eigenvalue weighted by molar-refractivity contribution is -0.121. The third kappa shape index (κ3) is 3.57. The fraction of sp³-hybridized carbons (Fsp3) is 0.318. The Kier molecular flexibility index (Phi) is 4.74. The molecule has 160 valence electrons. The van der Waals surface area contributed by atoms with Gasteiger partial charge in [-0.2, -0.15) is 0 Å². The summed E-state index contributed by atoms with van der Waals surface area (Å²) >= 11 is 0. The van der Waals surface area contributed by atoms with Crippen molar-refractivity contribution in [3.05, 3.63) is 63.4 Å². The molecule has 4 N–H and O–H groups in total. The molecule has 4 aromatic rings. The lowest BCUT2D eigenvalue weighted by Gasteiger charge is -2.35. The highest BCUT2D eigenvalue weighted by Gasteiger charge is 2.28. The molecule has 31 heavy (non-hydrogen) atoms. The number of benzene rings is 2. The van der Waals surface area contributed by atoms with E-state index in [1.165, 1.54) is 0 Å². The maximum atomic E-state index is 12.8. The summed E-state index contributed by atoms with van der Waals surface area (Å²) in [6.45, 7) is 3.36. The smallest absolute Gasteiger partial charge is 0.325 e. The zero-order valence-electron chi connectivity index (χ0n) is 17.1. The molecule has 1 aliphatic rings. The van der Waals surface area contributed by atoms with E-state index in [1.807, 2.05) is 35.8 Å². The number of anilines is 1. The second-order valence-corrected chi connectivity index (χ2v) is 8.09. The van der Waals surface area contributed by atoms with E-state index >= 15 is 0 Å². The van der Waals surface area contributed by atoms with E-state index in [0.717, 1.165) is 37.0 Å². The summed E-state index contributed by atoms with van der Waals surface area (Å²) in [5.41, 5.74) is 3.41. The summed E-state index contributed by atoms with van der Waals surface area (Å²) < 4.78 is 1.85. The molecule has 1 aliphatic heterocycles. The summed E-state index contributed by atoms with van der Waals surface area (Å²) in [7, 11) is 0. The summed E-state index contributed by atoms with van der Waals surface area (Å²) in [6, 6.07) is 12.8. The molecule has 9 nitrogen and oxygen atoms in total. The number of aromatic nitrogens is 4. The molecule has 0 saturated carbocycles. The topological polar surface area (TPSA) is 119 Å². The minimum absolute atomic E-state index is 0.0800. The van der Waals surface area contributed by atoms with Crippen LogP contribution in [0.15, 0.2) is 52.1 Å². The van der Waals surface area contributed by atoms with E-state index in [1.54, 1.807) is 18.2 Å². The van der Waals surface area contributed by atoms with Crippen molar-refractivity contribution in [2.75, 3.05) is 18.4 Å². The van der Waals surface area contributed by atoms with Crippen molar-refractivity contribution in [2.45, 2.75) is 31.8 Å². The average Bonchev–Trinajstić information content (AvgIpc) is 3.30. The zero-order valence-corrected chi connectivity index (χ0v) is 17.1. The molecule has 2 aromatic heterocycles. The first kappa shape index (κ1) is 19.4. The maximum Gasteiger partial charge on any atom is 0.326 e. The van der Waals surface area contributed by atoms with E-state index in [4.69, 9.17) is 0 Å². The zero-order chi connectivity index (χ0) is 21.5. The van der Waals surface area contributed by atoms with Crippen LogP contribution < -0.4 is 16.7 Å². The van der Waals surface area contributed by atoms with Crippen LogP contribution in [0, 0.1) is 0 Å². The van der Waals surface area contributed by atoms with Gasteiger partial charge in [0.2, 0.25) is 5.91 Å². The first-order valence-electron chi connectivity index (χ1n) is 10.5. The number of rotatable bonds is 4. The number of carbonyl (C=O) groups excluding carboxylic acids is 1. The molecule has 0 bridgehead atoms. The molecule has 0 radical (unpaired) electrons. The van der Waals surface area contributed by atoms with Crippen LogP contribution in [0.3, 0.4) is 0 Å². The van der Waals surface area contributed by atoms with Gasteiger partial charge in [-0.25, -0.2) is 9.59 Å². The SMILES string of the molecule is CC(C(=O)Nc1ccc2[nH]c(=O)[nH]c2c1)N1CCC(n2c(=O)[nH]c3ccccc32)CC1. The van der Waals surface area contributed by atoms with Gasteiger partial charge in [0.15, 0.2) is 0 Å². The van der Waals surface area contributed by atoms with Crippen LogP contribution in [0.4, 0.5) is 5.69 Å². The Morgan fingerprint density at radius 3 is 2.55 bits per heavy atom. The fourth-order valence-electron chi connectivity index (χ4n) is 4.49. The van der Waals surface area contributed by atoms with Crippen molar-refractivity contribution in [2.24, 2.45) is 0 Å². The molecule has 2 aromatic carbocycles. The monoisotopic (exact) mass is 420 g/mol. The van der Waals surface area contributed by atoms with Gasteiger partial charge in [-0.3, -0.25) is 14.3 Å². The average molecular weight is 420 g/mol. The molecule has 9 heteroatoms. The van der Waals surface area contributed by atoms with Crippen LogP contribution in [0.2, 0.25) is 0 Å². The first-order chi connectivity index (χ1) is 15.0. The molecule has 1 atom stereocenters. The van der Waals surface area contributed by atoms with Crippen LogP contribution >= 0.6 is 0 Å². The highest BCUT2D eigenvalue weighted by atomic mass is 16.2. The molecule has 1 unspecified atom stereocenters. The Balaban J connectivity index is 1.25. The minimum atomic E-state index is -0.304. The number of para-hydroxylation sites is 2. The predicted octanol–water partition coefficient (Wildman–Crippen LogP) is 2.16. The van der Waals surface area contributed by atoms with Crippen molar-refractivity contribution in [3.63, 3.8) is 0 Å². The largest absolute Gasteiger partial charge is 0.326 e. The normalized spacial score (nSPS) is 16.7. The molecular formula is C22H24N6O3. The number of carbonyl (C=O) groups is 1. The van der Waals surface area contributed by atoms with Gasteiger partial charge in [-0.15, -0.1) is 0 Å². The van der Waals surface area contributed by atoms with Crippen LogP contribution in [0.5, 0.6) is 0 Å². The molecular weight excluding hydrogens is 396 g/mol. The number of aromatic amines is 3. The lowest BCUT2D eigenvalue weighted by Crippen LogP contribution is -2.46. The van der Waals surface area contributed by atoms with Crippen LogP contribution in [-0.4, -0.2) is 49.5 Å². The molecule has 3 heterocycles. The van der Waals surface area contributed by atoms with Gasteiger partial charge in [0, 0.05) is 24.8 Å². The molecule has 5 rings (SSSR count). The van der Waals surface area contributed by atoms with Gasteiger partial charge in [-0.1, -0.05) is 12.1 Å². The van der Waals surface area contributed by atoms with Gasteiger partial charge in [0.05, 0.1) is 28.1 Å². The maximum absolute atomic E-state index is 12.8. The second kappa shape index (κ2) is 7.59. The van der Waals surface area contributed by atoms with Gasteiger partial charge < -0.3 is 20.3 Å². The van der Waals surface area contributed by atoms with E-state index in [9.17, 15) is 14.4 Å². The van der Waals surface area contributed by atoms with Gasteiger partial charge >= 0.3 is 11.4 Å². The molecule has 1 fully saturated rings. The van der Waals surface area contributed by atoms with Crippen LogP contribution in [0.1, 0.15) is 25.8 Å². The summed E-state index contributed by atoms with van der Waals surface area (Å²) in [4.78, 5) is 47.1. The Bertz CT molecular complexity index is 1370. The summed E-state index contributed by atoms with van der Waals surface area (Å²) in [6.07, 6.45) is 1.60. The van der Waals surface area contributed by atoms with E-state index in [2.05, 4.69) is 25.2 Å². The van der Waals surface area contributed by atoms with E-state index in [-0.39, 0.29) is 29.4 Å². The number of hydrogen-bond donors (Lipinski definition) is 4. The number of likely N-dealkylation sites (tertiary alicyclic amines) is 1. The lowest BCUT2D eigenvalue weighted by atomic mass is 10.0. The molecule has 1 amide bonds. The Labute approximate surface area is 177 Å². The first-order valence-corrected chi connectivity index (χ1v) is 10.5. The van der Waals surface area contributed by atoms with Crippen LogP contribution in [0.25, 0.3) is 22.1 Å². The standard InChI is InChI=1S/C22H24N6O3/c1-13(20(29)23-14-6-7-16-18(12-14)25-21(30)24-16)27-10-8-15(9-11-27)28-19-5-3-2-4-17(19)26-22(28)31/h2-7,12-13,15H,8-11H2,1H3,(H,23,29)(H,26,31)(H2,24,25,30). The third-order valence-electron chi connectivity index (χ3n) is 6.20. The number of nitrogens with zero attached hydrogens (tertiary/aromatic N) is 2. The number of piperidine rings is 1. The quantitative estimate of drug-likeness (QED) is 0.404. The van der Waals surface area contributed by atoms with Gasteiger partial charge in [0.1, 0.15) is 0 Å². The predicted molar refractivity (Wildman–Crippen MR) is 119 cm³/mol. The molecule has 0 aliphatic carbocycles. The van der Waals surface area contributed by atoms with Crippen molar-refractivity contribution in [1.29, 1.82) is 0 Å². The Morgan fingerprint density at radius 2 is 1.74 bits per heavy atom. The van der Waals surface area contributed by atoms with E-state index < -0.39 is 0 Å². The highest BCUT2D eigenvalue weighted by Crippen LogP contribution is 2.26. The minimum Gasteiger partial charge on any atom is -0.325 e. The number of amides is 1. The highest BCUT2D eigenvalue weighted by molar-refractivity contribution is 5.96. The molecule has 1 saturated heterocycles. The van der Waals surface area contributed by atoms with E-state index in [0.29, 0.717) is 16.7 Å². The van der Waals surface area contributed by atoms with Crippen molar-refractivity contribution in [3.8, 4) is 0 Å².